The highest BCUT2D eigenvalue weighted by Gasteiger charge is 2.29. The minimum Gasteiger partial charge on any atom is -0.479 e. The average molecular weight is 237 g/mol. The molecule has 0 bridgehead atoms. The summed E-state index contributed by atoms with van der Waals surface area (Å²) in [6.07, 6.45) is 0.115. The monoisotopic (exact) mass is 237 g/mol. The first-order valence-electron chi connectivity index (χ1n) is 5.49. The molecule has 4 heteroatoms. The van der Waals surface area contributed by atoms with Crippen molar-refractivity contribution in [2.24, 2.45) is 0 Å². The molecule has 0 saturated heterocycles. The Kier molecular flexibility index (Phi) is 4.26. The molecule has 0 heterocycles. The van der Waals surface area contributed by atoms with Crippen molar-refractivity contribution in [3.05, 3.63) is 35.4 Å². The van der Waals surface area contributed by atoms with Crippen LogP contribution in [0.25, 0.3) is 0 Å². The van der Waals surface area contributed by atoms with Gasteiger partial charge in [0.2, 0.25) is 0 Å². The van der Waals surface area contributed by atoms with Crippen LogP contribution in [0.1, 0.15) is 18.1 Å². The molecular formula is C13H19NO3. The van der Waals surface area contributed by atoms with Crippen LogP contribution in [0.4, 0.5) is 0 Å². The summed E-state index contributed by atoms with van der Waals surface area (Å²) >= 11 is 0. The summed E-state index contributed by atoms with van der Waals surface area (Å²) in [5.74, 6) is -1.20. The summed E-state index contributed by atoms with van der Waals surface area (Å²) in [6, 6.07) is 7.62. The summed E-state index contributed by atoms with van der Waals surface area (Å²) in [5, 5.41) is 18.6. The zero-order valence-electron chi connectivity index (χ0n) is 10.5. The summed E-state index contributed by atoms with van der Waals surface area (Å²) < 4.78 is 0. The van der Waals surface area contributed by atoms with Crippen molar-refractivity contribution in [1.82, 2.24) is 4.90 Å². The lowest BCUT2D eigenvalue weighted by atomic mass is 9.95. The second kappa shape index (κ2) is 5.29. The van der Waals surface area contributed by atoms with Gasteiger partial charge in [-0.15, -0.1) is 0 Å². The van der Waals surface area contributed by atoms with Crippen LogP contribution in [0.5, 0.6) is 0 Å². The molecule has 0 aliphatic heterocycles. The second-order valence-electron chi connectivity index (χ2n) is 4.81. The fourth-order valence-corrected chi connectivity index (χ4v) is 1.68. The van der Waals surface area contributed by atoms with Crippen molar-refractivity contribution in [2.45, 2.75) is 25.5 Å². The Morgan fingerprint density at radius 1 is 1.35 bits per heavy atom. The molecular weight excluding hydrogens is 218 g/mol. The van der Waals surface area contributed by atoms with E-state index in [4.69, 9.17) is 5.11 Å². The topological polar surface area (TPSA) is 60.8 Å². The number of hydrogen-bond acceptors (Lipinski definition) is 3. The molecule has 1 rings (SSSR count). The Balaban J connectivity index is 2.82. The molecule has 1 unspecified atom stereocenters. The van der Waals surface area contributed by atoms with Crippen LogP contribution in [-0.2, 0) is 17.8 Å². The maximum absolute atomic E-state index is 10.8. The van der Waals surface area contributed by atoms with Gasteiger partial charge in [-0.05, 0) is 32.1 Å². The van der Waals surface area contributed by atoms with Crippen molar-refractivity contribution >= 4 is 5.97 Å². The molecule has 0 aliphatic carbocycles. The molecule has 17 heavy (non-hydrogen) atoms. The van der Waals surface area contributed by atoms with Crippen LogP contribution in [0, 0.1) is 0 Å². The van der Waals surface area contributed by atoms with Crippen LogP contribution in [0.2, 0.25) is 0 Å². The maximum Gasteiger partial charge on any atom is 0.335 e. The highest BCUT2D eigenvalue weighted by Crippen LogP contribution is 2.15. The molecule has 1 atom stereocenters. The number of carboxylic acid groups (broad SMARTS) is 1. The molecule has 4 nitrogen and oxygen atoms in total. The van der Waals surface area contributed by atoms with Crippen LogP contribution in [0.3, 0.4) is 0 Å². The van der Waals surface area contributed by atoms with E-state index in [0.717, 1.165) is 17.7 Å². The Morgan fingerprint density at radius 3 is 2.47 bits per heavy atom. The number of carbonyl (C=O) groups is 1. The SMILES string of the molecule is CN(C)Cc1cccc(CC(C)(O)C(=O)O)c1. The fourth-order valence-electron chi connectivity index (χ4n) is 1.68. The quantitative estimate of drug-likeness (QED) is 0.806. The fraction of sp³-hybridized carbons (Fsp3) is 0.462. The van der Waals surface area contributed by atoms with Crippen LogP contribution < -0.4 is 0 Å². The van der Waals surface area contributed by atoms with E-state index < -0.39 is 11.6 Å². The van der Waals surface area contributed by atoms with Gasteiger partial charge in [-0.2, -0.15) is 0 Å². The number of rotatable bonds is 5. The number of aliphatic carboxylic acids is 1. The van der Waals surface area contributed by atoms with Crippen LogP contribution in [-0.4, -0.2) is 40.8 Å². The Hall–Kier alpha value is -1.39. The van der Waals surface area contributed by atoms with Gasteiger partial charge in [0.1, 0.15) is 0 Å². The second-order valence-corrected chi connectivity index (χ2v) is 4.81. The van der Waals surface area contributed by atoms with Gasteiger partial charge in [-0.1, -0.05) is 24.3 Å². The largest absolute Gasteiger partial charge is 0.479 e. The van der Waals surface area contributed by atoms with E-state index >= 15 is 0 Å². The van der Waals surface area contributed by atoms with Gasteiger partial charge >= 0.3 is 5.97 Å². The molecule has 1 aromatic carbocycles. The zero-order chi connectivity index (χ0) is 13.1. The van der Waals surface area contributed by atoms with E-state index in [1.807, 2.05) is 43.3 Å². The predicted octanol–water partition coefficient (Wildman–Crippen LogP) is 1.13. The third-order valence-electron chi connectivity index (χ3n) is 2.50. The number of aliphatic hydroxyl groups is 1. The first kappa shape index (κ1) is 13.7. The van der Waals surface area contributed by atoms with E-state index in [2.05, 4.69) is 0 Å². The molecule has 0 radical (unpaired) electrons. The van der Waals surface area contributed by atoms with Gasteiger partial charge in [0.05, 0.1) is 0 Å². The lowest BCUT2D eigenvalue weighted by Crippen LogP contribution is -2.37. The minimum absolute atomic E-state index is 0.115. The lowest BCUT2D eigenvalue weighted by molar-refractivity contribution is -0.156. The van der Waals surface area contributed by atoms with Gasteiger partial charge < -0.3 is 15.1 Å². The van der Waals surface area contributed by atoms with Gasteiger partial charge in [-0.25, -0.2) is 4.79 Å². The molecule has 94 valence electrons. The summed E-state index contributed by atoms with van der Waals surface area (Å²) in [4.78, 5) is 12.9. The Morgan fingerprint density at radius 2 is 1.94 bits per heavy atom. The standard InChI is InChI=1S/C13H19NO3/c1-13(17,12(15)16)8-10-5-4-6-11(7-10)9-14(2)3/h4-7,17H,8-9H2,1-3H3,(H,15,16). The predicted molar refractivity (Wildman–Crippen MR) is 65.8 cm³/mol. The number of carboxylic acids is 1. The molecule has 0 spiro atoms. The van der Waals surface area contributed by atoms with Crippen molar-refractivity contribution in [1.29, 1.82) is 0 Å². The molecule has 0 aromatic heterocycles. The van der Waals surface area contributed by atoms with Crippen molar-refractivity contribution in [3.63, 3.8) is 0 Å². The van der Waals surface area contributed by atoms with Crippen molar-refractivity contribution in [3.8, 4) is 0 Å². The lowest BCUT2D eigenvalue weighted by Gasteiger charge is -2.18. The third-order valence-corrected chi connectivity index (χ3v) is 2.50. The van der Waals surface area contributed by atoms with Gasteiger partial charge in [0.25, 0.3) is 0 Å². The smallest absolute Gasteiger partial charge is 0.335 e. The van der Waals surface area contributed by atoms with Crippen LogP contribution >= 0.6 is 0 Å². The summed E-state index contributed by atoms with van der Waals surface area (Å²) in [5.41, 5.74) is 0.224. The number of nitrogens with zero attached hydrogens (tertiary/aromatic N) is 1. The van der Waals surface area contributed by atoms with E-state index in [1.54, 1.807) is 0 Å². The van der Waals surface area contributed by atoms with Gasteiger partial charge in [-0.3, -0.25) is 0 Å². The molecule has 0 amide bonds. The van der Waals surface area contributed by atoms with Gasteiger partial charge in [0.15, 0.2) is 5.60 Å². The highest BCUT2D eigenvalue weighted by atomic mass is 16.4. The van der Waals surface area contributed by atoms with Crippen LogP contribution in [0.15, 0.2) is 24.3 Å². The first-order valence-corrected chi connectivity index (χ1v) is 5.49. The molecule has 0 fully saturated rings. The molecule has 2 N–H and O–H groups in total. The summed E-state index contributed by atoms with van der Waals surface area (Å²) in [6.45, 7) is 2.11. The van der Waals surface area contributed by atoms with Crippen molar-refractivity contribution in [2.75, 3.05) is 14.1 Å². The molecule has 0 aliphatic rings. The van der Waals surface area contributed by atoms with E-state index in [1.165, 1.54) is 6.92 Å². The van der Waals surface area contributed by atoms with E-state index in [0.29, 0.717) is 0 Å². The first-order chi connectivity index (χ1) is 7.81. The van der Waals surface area contributed by atoms with Crippen molar-refractivity contribution < 1.29 is 15.0 Å². The van der Waals surface area contributed by atoms with E-state index in [9.17, 15) is 9.90 Å². The maximum atomic E-state index is 10.8. The molecule has 1 aromatic rings. The highest BCUT2D eigenvalue weighted by molar-refractivity contribution is 5.76. The van der Waals surface area contributed by atoms with Gasteiger partial charge in [0, 0.05) is 13.0 Å². The van der Waals surface area contributed by atoms with E-state index in [-0.39, 0.29) is 6.42 Å². The number of hydrogen-bond donors (Lipinski definition) is 2. The average Bonchev–Trinajstić information content (AvgIpc) is 2.15. The molecule has 0 saturated carbocycles. The Bertz CT molecular complexity index is 399. The summed E-state index contributed by atoms with van der Waals surface area (Å²) in [7, 11) is 3.94. The zero-order valence-corrected chi connectivity index (χ0v) is 10.5. The Labute approximate surface area is 101 Å². The third kappa shape index (κ3) is 4.17. The normalized spacial score (nSPS) is 14.6. The number of benzene rings is 1. The minimum atomic E-state index is -1.71.